The van der Waals surface area contributed by atoms with Gasteiger partial charge in [0, 0.05) is 16.8 Å². The molecule has 0 saturated heterocycles. The number of pyridine rings is 1. The molecule has 0 aliphatic heterocycles. The fraction of sp³-hybridized carbons (Fsp3) is 0.150. The molecular formula is C20H17FN2O3. The molecule has 0 radical (unpaired) electrons. The molecule has 0 fully saturated rings. The minimum atomic E-state index is -0.614. The largest absolute Gasteiger partial charge is 0.452 e. The Morgan fingerprint density at radius 1 is 1.12 bits per heavy atom. The predicted molar refractivity (Wildman–Crippen MR) is 96.5 cm³/mol. The van der Waals surface area contributed by atoms with Crippen LogP contribution in [0, 0.1) is 19.7 Å². The Balaban J connectivity index is 1.69. The number of aromatic nitrogens is 1. The molecule has 0 bridgehead atoms. The van der Waals surface area contributed by atoms with Gasteiger partial charge in [0.05, 0.1) is 11.1 Å². The van der Waals surface area contributed by atoms with Crippen LogP contribution in [-0.2, 0) is 9.53 Å². The molecule has 0 aliphatic carbocycles. The van der Waals surface area contributed by atoms with Crippen molar-refractivity contribution in [2.75, 3.05) is 11.9 Å². The molecule has 1 amide bonds. The van der Waals surface area contributed by atoms with Gasteiger partial charge in [-0.25, -0.2) is 9.18 Å². The highest BCUT2D eigenvalue weighted by Crippen LogP contribution is 2.19. The number of fused-ring (bicyclic) bond motifs is 1. The van der Waals surface area contributed by atoms with E-state index in [1.165, 1.54) is 6.07 Å². The van der Waals surface area contributed by atoms with Crippen LogP contribution in [0.3, 0.4) is 0 Å². The maximum atomic E-state index is 13.5. The molecule has 3 rings (SSSR count). The lowest BCUT2D eigenvalue weighted by atomic mass is 10.1. The van der Waals surface area contributed by atoms with Gasteiger partial charge in [-0.1, -0.05) is 24.3 Å². The maximum Gasteiger partial charge on any atom is 0.339 e. The van der Waals surface area contributed by atoms with E-state index >= 15 is 0 Å². The average Bonchev–Trinajstić information content (AvgIpc) is 2.62. The lowest BCUT2D eigenvalue weighted by molar-refractivity contribution is -0.119. The number of nitrogens with one attached hydrogen (secondary N) is 1. The van der Waals surface area contributed by atoms with Crippen molar-refractivity contribution in [3.63, 3.8) is 0 Å². The van der Waals surface area contributed by atoms with Crippen LogP contribution in [0.25, 0.3) is 10.9 Å². The second-order valence-electron chi connectivity index (χ2n) is 5.92. The van der Waals surface area contributed by atoms with Crippen molar-refractivity contribution in [1.82, 2.24) is 4.98 Å². The second-order valence-corrected chi connectivity index (χ2v) is 5.92. The van der Waals surface area contributed by atoms with Gasteiger partial charge in [0.2, 0.25) is 0 Å². The molecule has 5 nitrogen and oxygen atoms in total. The highest BCUT2D eigenvalue weighted by atomic mass is 19.1. The molecule has 1 N–H and O–H groups in total. The summed E-state index contributed by atoms with van der Waals surface area (Å²) in [6, 6.07) is 13.2. The van der Waals surface area contributed by atoms with Gasteiger partial charge < -0.3 is 10.1 Å². The van der Waals surface area contributed by atoms with Gasteiger partial charge in [-0.2, -0.15) is 0 Å². The fourth-order valence-corrected chi connectivity index (χ4v) is 2.55. The number of carbonyl (C=O) groups is 2. The monoisotopic (exact) mass is 352 g/mol. The van der Waals surface area contributed by atoms with Crippen molar-refractivity contribution in [2.24, 2.45) is 0 Å². The molecule has 6 heteroatoms. The van der Waals surface area contributed by atoms with Gasteiger partial charge in [0.15, 0.2) is 6.61 Å². The molecule has 26 heavy (non-hydrogen) atoms. The van der Waals surface area contributed by atoms with Crippen LogP contribution in [0.1, 0.15) is 21.6 Å². The molecule has 1 heterocycles. The second kappa shape index (κ2) is 7.31. The van der Waals surface area contributed by atoms with E-state index in [0.717, 1.165) is 0 Å². The van der Waals surface area contributed by atoms with Crippen LogP contribution in [0.4, 0.5) is 10.1 Å². The summed E-state index contributed by atoms with van der Waals surface area (Å²) in [7, 11) is 0. The van der Waals surface area contributed by atoms with Crippen LogP contribution in [0.5, 0.6) is 0 Å². The lowest BCUT2D eigenvalue weighted by Crippen LogP contribution is -2.21. The Hall–Kier alpha value is -3.28. The normalized spacial score (nSPS) is 10.6. The van der Waals surface area contributed by atoms with E-state index in [2.05, 4.69) is 10.3 Å². The van der Waals surface area contributed by atoms with E-state index in [1.54, 1.807) is 50.2 Å². The third kappa shape index (κ3) is 3.85. The summed E-state index contributed by atoms with van der Waals surface area (Å²) in [5, 5.41) is 3.15. The van der Waals surface area contributed by atoms with E-state index in [9.17, 15) is 14.0 Å². The summed E-state index contributed by atoms with van der Waals surface area (Å²) < 4.78 is 18.6. The van der Waals surface area contributed by atoms with Crippen molar-refractivity contribution < 1.29 is 18.7 Å². The molecule has 0 atom stereocenters. The van der Waals surface area contributed by atoms with E-state index in [1.807, 2.05) is 6.07 Å². The number of anilines is 1. The first kappa shape index (κ1) is 17.5. The Morgan fingerprint density at radius 3 is 2.65 bits per heavy atom. The zero-order valence-corrected chi connectivity index (χ0v) is 14.4. The lowest BCUT2D eigenvalue weighted by Gasteiger charge is -2.09. The Bertz CT molecular complexity index is 1000. The van der Waals surface area contributed by atoms with Crippen molar-refractivity contribution in [3.8, 4) is 0 Å². The molecule has 3 aromatic rings. The molecule has 0 saturated carbocycles. The highest BCUT2D eigenvalue weighted by Gasteiger charge is 2.15. The number of ether oxygens (including phenoxy) is 1. The summed E-state index contributed by atoms with van der Waals surface area (Å²) in [5.41, 5.74) is 2.49. The number of para-hydroxylation sites is 1. The molecule has 1 aromatic heterocycles. The zero-order chi connectivity index (χ0) is 18.7. The number of rotatable bonds is 4. The molecule has 132 valence electrons. The van der Waals surface area contributed by atoms with Crippen molar-refractivity contribution in [3.05, 3.63) is 71.2 Å². The molecule has 0 aliphatic rings. The molecular weight excluding hydrogens is 335 g/mol. The Labute approximate surface area is 149 Å². The standard InChI is InChI=1S/C20H17FN2O3/c1-12-7-8-14(10-17(12)21)23-19(24)11-26-20(25)16-9-13(2)22-18-6-4-3-5-15(16)18/h3-10H,11H2,1-2H3,(H,23,24). The number of amides is 1. The topological polar surface area (TPSA) is 68.3 Å². The SMILES string of the molecule is Cc1cc(C(=O)OCC(=O)Nc2ccc(C)c(F)c2)c2ccccc2n1. The van der Waals surface area contributed by atoms with Gasteiger partial charge in [0.25, 0.3) is 5.91 Å². The number of halogens is 1. The molecule has 0 spiro atoms. The van der Waals surface area contributed by atoms with E-state index < -0.39 is 24.3 Å². The quantitative estimate of drug-likeness (QED) is 0.726. The predicted octanol–water partition coefficient (Wildman–Crippen LogP) is 3.79. The van der Waals surface area contributed by atoms with Crippen LogP contribution >= 0.6 is 0 Å². The highest BCUT2D eigenvalue weighted by molar-refractivity contribution is 6.04. The van der Waals surface area contributed by atoms with Crippen LogP contribution < -0.4 is 5.32 Å². The minimum absolute atomic E-state index is 0.305. The van der Waals surface area contributed by atoms with Crippen LogP contribution in [0.15, 0.2) is 48.5 Å². The number of carbonyl (C=O) groups excluding carboxylic acids is 2. The minimum Gasteiger partial charge on any atom is -0.452 e. The first-order valence-electron chi connectivity index (χ1n) is 8.03. The summed E-state index contributed by atoms with van der Waals surface area (Å²) in [6.45, 7) is 2.94. The third-order valence-corrected chi connectivity index (χ3v) is 3.85. The van der Waals surface area contributed by atoms with Crippen molar-refractivity contribution in [1.29, 1.82) is 0 Å². The number of esters is 1. The first-order chi connectivity index (χ1) is 12.4. The third-order valence-electron chi connectivity index (χ3n) is 3.85. The number of hydrogen-bond acceptors (Lipinski definition) is 4. The van der Waals surface area contributed by atoms with Crippen LogP contribution in [-0.4, -0.2) is 23.5 Å². The van der Waals surface area contributed by atoms with Crippen LogP contribution in [0.2, 0.25) is 0 Å². The van der Waals surface area contributed by atoms with E-state index in [0.29, 0.717) is 33.4 Å². The van der Waals surface area contributed by atoms with Gasteiger partial charge in [0.1, 0.15) is 5.82 Å². The number of hydrogen-bond donors (Lipinski definition) is 1. The van der Waals surface area contributed by atoms with Crippen molar-refractivity contribution in [2.45, 2.75) is 13.8 Å². The Kier molecular flexibility index (Phi) is 4.93. The van der Waals surface area contributed by atoms with Gasteiger partial charge in [-0.05, 0) is 43.7 Å². The molecule has 2 aromatic carbocycles. The zero-order valence-electron chi connectivity index (χ0n) is 14.4. The summed E-state index contributed by atoms with van der Waals surface area (Å²) >= 11 is 0. The van der Waals surface area contributed by atoms with Gasteiger partial charge in [-0.15, -0.1) is 0 Å². The summed E-state index contributed by atoms with van der Waals surface area (Å²) in [4.78, 5) is 28.7. The smallest absolute Gasteiger partial charge is 0.339 e. The van der Waals surface area contributed by atoms with E-state index in [-0.39, 0.29) is 0 Å². The first-order valence-corrected chi connectivity index (χ1v) is 8.03. The van der Waals surface area contributed by atoms with E-state index in [4.69, 9.17) is 4.74 Å². The number of aryl methyl sites for hydroxylation is 2. The summed E-state index contributed by atoms with van der Waals surface area (Å²) in [5.74, 6) is -1.58. The van der Waals surface area contributed by atoms with Gasteiger partial charge >= 0.3 is 5.97 Å². The Morgan fingerprint density at radius 2 is 1.88 bits per heavy atom. The summed E-state index contributed by atoms with van der Waals surface area (Å²) in [6.07, 6.45) is 0. The fourth-order valence-electron chi connectivity index (χ4n) is 2.55. The number of nitrogens with zero attached hydrogens (tertiary/aromatic N) is 1. The number of benzene rings is 2. The average molecular weight is 352 g/mol. The molecule has 0 unspecified atom stereocenters. The van der Waals surface area contributed by atoms with Gasteiger partial charge in [-0.3, -0.25) is 9.78 Å². The van der Waals surface area contributed by atoms with Crippen molar-refractivity contribution >= 4 is 28.5 Å². The maximum absolute atomic E-state index is 13.5.